The summed E-state index contributed by atoms with van der Waals surface area (Å²) < 4.78 is 14.8. The second-order valence-corrected chi connectivity index (χ2v) is 7.03. The van der Waals surface area contributed by atoms with E-state index in [1.54, 1.807) is 0 Å². The fraction of sp³-hybridized carbons (Fsp3) is 0.429. The highest BCUT2D eigenvalue weighted by molar-refractivity contribution is 7.84. The van der Waals surface area contributed by atoms with Gasteiger partial charge in [-0.1, -0.05) is 36.4 Å². The molecule has 1 N–H and O–H groups in total. The van der Waals surface area contributed by atoms with Crippen molar-refractivity contribution in [2.75, 3.05) is 0 Å². The molecule has 1 aromatic carbocycles. The zero-order chi connectivity index (χ0) is 12.9. The van der Waals surface area contributed by atoms with E-state index in [4.69, 9.17) is 0 Å². The van der Waals surface area contributed by atoms with Gasteiger partial charge in [0.25, 0.3) is 0 Å². The van der Waals surface area contributed by atoms with Gasteiger partial charge in [-0.15, -0.1) is 6.58 Å². The van der Waals surface area contributed by atoms with Crippen LogP contribution in [0.2, 0.25) is 0 Å². The lowest BCUT2D eigenvalue weighted by atomic mass is 10.1. The Morgan fingerprint density at radius 1 is 1.35 bits per heavy atom. The highest BCUT2D eigenvalue weighted by Gasteiger charge is 2.21. The Kier molecular flexibility index (Phi) is 5.09. The molecule has 1 aromatic rings. The van der Waals surface area contributed by atoms with Gasteiger partial charge in [-0.2, -0.15) is 0 Å². The van der Waals surface area contributed by atoms with Gasteiger partial charge in [0, 0.05) is 6.04 Å². The van der Waals surface area contributed by atoms with Crippen molar-refractivity contribution in [1.29, 1.82) is 0 Å². The molecule has 2 atom stereocenters. The van der Waals surface area contributed by atoms with E-state index in [2.05, 4.69) is 23.4 Å². The minimum atomic E-state index is -1.06. The number of hydrogen-bond acceptors (Lipinski definition) is 1. The summed E-state index contributed by atoms with van der Waals surface area (Å²) in [5.74, 6) is 0. The molecular formula is C14H21NOS. The standard InChI is InChI=1S/C14H21NOS/c1-5-13(15-17(16)14(2,3)4)11-12-9-7-6-8-10-12/h5-10,13,15H,1,11H2,2-4H3/t13-,17?/m0/s1. The second-order valence-electron chi connectivity index (χ2n) is 5.03. The van der Waals surface area contributed by atoms with Crippen LogP contribution < -0.4 is 4.72 Å². The molecule has 17 heavy (non-hydrogen) atoms. The Morgan fingerprint density at radius 2 is 1.94 bits per heavy atom. The molecule has 0 radical (unpaired) electrons. The van der Waals surface area contributed by atoms with Crippen LogP contribution in [-0.4, -0.2) is 15.0 Å². The van der Waals surface area contributed by atoms with Crippen molar-refractivity contribution in [2.24, 2.45) is 0 Å². The third kappa shape index (κ3) is 4.84. The van der Waals surface area contributed by atoms with E-state index in [0.29, 0.717) is 0 Å². The Bertz CT molecular complexity index is 381. The highest BCUT2D eigenvalue weighted by Crippen LogP contribution is 2.11. The zero-order valence-electron chi connectivity index (χ0n) is 10.8. The van der Waals surface area contributed by atoms with Gasteiger partial charge in [0.15, 0.2) is 0 Å². The summed E-state index contributed by atoms with van der Waals surface area (Å²) in [5, 5.41) is 0. The molecule has 0 spiro atoms. The van der Waals surface area contributed by atoms with E-state index < -0.39 is 11.0 Å². The van der Waals surface area contributed by atoms with Crippen molar-refractivity contribution in [1.82, 2.24) is 4.72 Å². The van der Waals surface area contributed by atoms with E-state index in [1.165, 1.54) is 5.56 Å². The van der Waals surface area contributed by atoms with E-state index in [-0.39, 0.29) is 10.8 Å². The molecule has 2 nitrogen and oxygen atoms in total. The fourth-order valence-corrected chi connectivity index (χ4v) is 2.16. The van der Waals surface area contributed by atoms with E-state index in [0.717, 1.165) is 6.42 Å². The van der Waals surface area contributed by atoms with Crippen LogP contribution in [0.15, 0.2) is 43.0 Å². The summed E-state index contributed by atoms with van der Waals surface area (Å²) in [4.78, 5) is 0. The van der Waals surface area contributed by atoms with Gasteiger partial charge in [0.1, 0.15) is 0 Å². The third-order valence-electron chi connectivity index (χ3n) is 2.40. The van der Waals surface area contributed by atoms with Gasteiger partial charge in [-0.25, -0.2) is 8.93 Å². The summed E-state index contributed by atoms with van der Waals surface area (Å²) in [7, 11) is -1.06. The molecule has 3 heteroatoms. The molecule has 0 heterocycles. The van der Waals surface area contributed by atoms with E-state index in [1.807, 2.05) is 45.0 Å². The SMILES string of the molecule is C=C[C@@H](Cc1ccccc1)NS(=O)C(C)(C)C. The van der Waals surface area contributed by atoms with Crippen LogP contribution in [0, 0.1) is 0 Å². The van der Waals surface area contributed by atoms with Gasteiger partial charge in [0.2, 0.25) is 0 Å². The van der Waals surface area contributed by atoms with Crippen LogP contribution >= 0.6 is 0 Å². The van der Waals surface area contributed by atoms with Gasteiger partial charge >= 0.3 is 0 Å². The van der Waals surface area contributed by atoms with Crippen LogP contribution in [0.5, 0.6) is 0 Å². The van der Waals surface area contributed by atoms with Gasteiger partial charge in [0.05, 0.1) is 15.7 Å². The van der Waals surface area contributed by atoms with Crippen LogP contribution in [0.1, 0.15) is 26.3 Å². The maximum atomic E-state index is 12.0. The monoisotopic (exact) mass is 251 g/mol. The molecule has 0 bridgehead atoms. The average molecular weight is 251 g/mol. The summed E-state index contributed by atoms with van der Waals surface area (Å²) in [6, 6.07) is 10.2. The van der Waals surface area contributed by atoms with Gasteiger partial charge in [-0.3, -0.25) is 0 Å². The quantitative estimate of drug-likeness (QED) is 0.801. The van der Waals surface area contributed by atoms with Crippen molar-refractivity contribution in [3.8, 4) is 0 Å². The molecule has 0 amide bonds. The summed E-state index contributed by atoms with van der Waals surface area (Å²) in [5.41, 5.74) is 1.22. The number of rotatable bonds is 5. The third-order valence-corrected chi connectivity index (χ3v) is 4.03. The first kappa shape index (κ1) is 14.1. The first-order valence-electron chi connectivity index (χ1n) is 5.78. The molecule has 0 aromatic heterocycles. The Morgan fingerprint density at radius 3 is 2.41 bits per heavy atom. The molecule has 1 rings (SSSR count). The predicted octanol–water partition coefficient (Wildman–Crippen LogP) is 2.84. The minimum absolute atomic E-state index is 0.0393. The molecule has 0 saturated heterocycles. The zero-order valence-corrected chi connectivity index (χ0v) is 11.6. The van der Waals surface area contributed by atoms with Crippen molar-refractivity contribution in [2.45, 2.75) is 38.0 Å². The summed E-state index contributed by atoms with van der Waals surface area (Å²) in [6.45, 7) is 9.67. The smallest absolute Gasteiger partial charge is 0.0975 e. The molecular weight excluding hydrogens is 230 g/mol. The molecule has 0 fully saturated rings. The topological polar surface area (TPSA) is 29.1 Å². The molecule has 1 unspecified atom stereocenters. The first-order chi connectivity index (χ1) is 7.93. The molecule has 0 aliphatic heterocycles. The fourth-order valence-electron chi connectivity index (χ4n) is 1.36. The van der Waals surface area contributed by atoms with Crippen molar-refractivity contribution < 1.29 is 4.21 Å². The maximum absolute atomic E-state index is 12.0. The minimum Gasteiger partial charge on any atom is -0.242 e. The Labute approximate surface area is 107 Å². The van der Waals surface area contributed by atoms with Crippen LogP contribution in [0.25, 0.3) is 0 Å². The van der Waals surface area contributed by atoms with Crippen LogP contribution in [0.3, 0.4) is 0 Å². The van der Waals surface area contributed by atoms with E-state index >= 15 is 0 Å². The Balaban J connectivity index is 2.62. The lowest BCUT2D eigenvalue weighted by Gasteiger charge is -2.22. The Hall–Kier alpha value is -0.930. The maximum Gasteiger partial charge on any atom is 0.0975 e. The molecule has 94 valence electrons. The van der Waals surface area contributed by atoms with E-state index in [9.17, 15) is 4.21 Å². The van der Waals surface area contributed by atoms with Gasteiger partial charge in [-0.05, 0) is 32.8 Å². The lowest BCUT2D eigenvalue weighted by Crippen LogP contribution is -2.39. The lowest BCUT2D eigenvalue weighted by molar-refractivity contribution is 0.620. The number of nitrogens with one attached hydrogen (secondary N) is 1. The molecule has 0 saturated carbocycles. The largest absolute Gasteiger partial charge is 0.242 e. The normalized spacial score (nSPS) is 15.2. The van der Waals surface area contributed by atoms with Crippen molar-refractivity contribution >= 4 is 11.0 Å². The number of benzene rings is 1. The summed E-state index contributed by atoms with van der Waals surface area (Å²) in [6.07, 6.45) is 2.63. The first-order valence-corrected chi connectivity index (χ1v) is 6.93. The van der Waals surface area contributed by atoms with Crippen LogP contribution in [-0.2, 0) is 17.4 Å². The van der Waals surface area contributed by atoms with Crippen molar-refractivity contribution in [3.05, 3.63) is 48.6 Å². The van der Waals surface area contributed by atoms with Crippen LogP contribution in [0.4, 0.5) is 0 Å². The molecule has 0 aliphatic rings. The highest BCUT2D eigenvalue weighted by atomic mass is 32.2. The molecule has 0 aliphatic carbocycles. The average Bonchev–Trinajstić information content (AvgIpc) is 2.28. The summed E-state index contributed by atoms with van der Waals surface area (Å²) >= 11 is 0. The second kappa shape index (κ2) is 6.12. The number of hydrogen-bond donors (Lipinski definition) is 1. The van der Waals surface area contributed by atoms with Crippen molar-refractivity contribution in [3.63, 3.8) is 0 Å². The van der Waals surface area contributed by atoms with Gasteiger partial charge < -0.3 is 0 Å². The predicted molar refractivity (Wildman–Crippen MR) is 75.2 cm³/mol.